The third kappa shape index (κ3) is 2.19. The van der Waals surface area contributed by atoms with E-state index in [4.69, 9.17) is 5.73 Å². The van der Waals surface area contributed by atoms with Gasteiger partial charge in [0.05, 0.1) is 11.0 Å². The van der Waals surface area contributed by atoms with Crippen LogP contribution < -0.4 is 5.73 Å². The quantitative estimate of drug-likeness (QED) is 0.881. The first-order valence-corrected chi connectivity index (χ1v) is 6.45. The molecule has 0 atom stereocenters. The molecule has 1 aromatic carbocycles. The third-order valence-corrected chi connectivity index (χ3v) is 3.71. The molecule has 0 unspecified atom stereocenters. The summed E-state index contributed by atoms with van der Waals surface area (Å²) in [6.45, 7) is 0.678. The molecule has 15 heavy (non-hydrogen) atoms. The number of imidazole rings is 1. The average molecular weight is 286 g/mol. The Morgan fingerprint density at radius 3 is 3.07 bits per heavy atom. The summed E-state index contributed by atoms with van der Waals surface area (Å²) in [5.74, 6) is 0.901. The molecular weight excluding hydrogens is 274 g/mol. The molecular formula is C10H12BrN3S. The number of nitrogens with two attached hydrogens (primary N) is 1. The topological polar surface area (TPSA) is 43.8 Å². The van der Waals surface area contributed by atoms with Crippen molar-refractivity contribution in [1.29, 1.82) is 0 Å². The minimum atomic E-state index is 0.678. The van der Waals surface area contributed by atoms with E-state index in [0.29, 0.717) is 6.54 Å². The minimum Gasteiger partial charge on any atom is -0.330 e. The third-order valence-electron chi connectivity index (χ3n) is 2.15. The van der Waals surface area contributed by atoms with E-state index < -0.39 is 0 Å². The Bertz CT molecular complexity index is 481. The number of halogens is 1. The van der Waals surface area contributed by atoms with Crippen LogP contribution in [0.15, 0.2) is 27.8 Å². The van der Waals surface area contributed by atoms with Crippen molar-refractivity contribution >= 4 is 38.7 Å². The second kappa shape index (κ2) is 4.55. The van der Waals surface area contributed by atoms with Crippen molar-refractivity contribution in [2.24, 2.45) is 12.8 Å². The van der Waals surface area contributed by atoms with Crippen LogP contribution in [0.4, 0.5) is 0 Å². The molecule has 0 aliphatic heterocycles. The summed E-state index contributed by atoms with van der Waals surface area (Å²) in [5, 5.41) is 1.02. The van der Waals surface area contributed by atoms with E-state index in [0.717, 1.165) is 26.4 Å². The lowest BCUT2D eigenvalue weighted by molar-refractivity contribution is 0.814. The molecule has 2 N–H and O–H groups in total. The van der Waals surface area contributed by atoms with Crippen LogP contribution in [-0.4, -0.2) is 21.8 Å². The standard InChI is InChI=1S/C10H12BrN3S/c1-14-9-3-2-7(11)6-8(9)13-10(14)15-5-4-12/h2-3,6H,4-5,12H2,1H3. The first-order chi connectivity index (χ1) is 7.22. The number of benzene rings is 1. The lowest BCUT2D eigenvalue weighted by Crippen LogP contribution is -2.02. The molecule has 0 radical (unpaired) electrons. The first kappa shape index (κ1) is 11.0. The molecule has 0 fully saturated rings. The Labute approximate surface area is 101 Å². The smallest absolute Gasteiger partial charge is 0.168 e. The van der Waals surface area contributed by atoms with Gasteiger partial charge in [-0.2, -0.15) is 0 Å². The molecule has 2 aromatic rings. The molecule has 0 spiro atoms. The van der Waals surface area contributed by atoms with Gasteiger partial charge in [-0.1, -0.05) is 27.7 Å². The number of fused-ring (bicyclic) bond motifs is 1. The molecule has 0 saturated carbocycles. The highest BCUT2D eigenvalue weighted by Crippen LogP contribution is 2.24. The van der Waals surface area contributed by atoms with Crippen LogP contribution in [0.3, 0.4) is 0 Å². The summed E-state index contributed by atoms with van der Waals surface area (Å²) >= 11 is 5.13. The Kier molecular flexibility index (Phi) is 3.33. The van der Waals surface area contributed by atoms with Crippen molar-refractivity contribution in [3.8, 4) is 0 Å². The maximum Gasteiger partial charge on any atom is 0.168 e. The van der Waals surface area contributed by atoms with E-state index in [-0.39, 0.29) is 0 Å². The van der Waals surface area contributed by atoms with Gasteiger partial charge in [0.1, 0.15) is 0 Å². The molecule has 80 valence electrons. The van der Waals surface area contributed by atoms with Crippen LogP contribution in [0.5, 0.6) is 0 Å². The largest absolute Gasteiger partial charge is 0.330 e. The molecule has 0 aliphatic carbocycles. The fourth-order valence-corrected chi connectivity index (χ4v) is 2.53. The van der Waals surface area contributed by atoms with Gasteiger partial charge in [0.15, 0.2) is 5.16 Å². The monoisotopic (exact) mass is 285 g/mol. The predicted molar refractivity (Wildman–Crippen MR) is 68.2 cm³/mol. The summed E-state index contributed by atoms with van der Waals surface area (Å²) in [4.78, 5) is 4.55. The van der Waals surface area contributed by atoms with Gasteiger partial charge < -0.3 is 10.3 Å². The van der Waals surface area contributed by atoms with E-state index in [2.05, 4.69) is 31.5 Å². The normalized spacial score (nSPS) is 11.1. The minimum absolute atomic E-state index is 0.678. The highest BCUT2D eigenvalue weighted by molar-refractivity contribution is 9.10. The van der Waals surface area contributed by atoms with Gasteiger partial charge in [0.25, 0.3) is 0 Å². The molecule has 0 aliphatic rings. The van der Waals surface area contributed by atoms with E-state index in [9.17, 15) is 0 Å². The SMILES string of the molecule is Cn1c(SCCN)nc2cc(Br)ccc21. The predicted octanol–water partition coefficient (Wildman–Crippen LogP) is 2.39. The Morgan fingerprint density at radius 2 is 2.33 bits per heavy atom. The van der Waals surface area contributed by atoms with Crippen molar-refractivity contribution < 1.29 is 0 Å². The van der Waals surface area contributed by atoms with E-state index in [1.165, 1.54) is 0 Å². The van der Waals surface area contributed by atoms with Crippen LogP contribution in [0.25, 0.3) is 11.0 Å². The molecule has 2 rings (SSSR count). The molecule has 0 amide bonds. The van der Waals surface area contributed by atoms with Crippen LogP contribution in [0.2, 0.25) is 0 Å². The van der Waals surface area contributed by atoms with E-state index in [1.807, 2.05) is 19.2 Å². The van der Waals surface area contributed by atoms with Crippen molar-refractivity contribution in [2.45, 2.75) is 5.16 Å². The van der Waals surface area contributed by atoms with Gasteiger partial charge in [0.2, 0.25) is 0 Å². The second-order valence-electron chi connectivity index (χ2n) is 3.22. The second-order valence-corrected chi connectivity index (χ2v) is 5.20. The van der Waals surface area contributed by atoms with Crippen LogP contribution in [0, 0.1) is 0 Å². The van der Waals surface area contributed by atoms with Crippen LogP contribution in [-0.2, 0) is 7.05 Å². The number of rotatable bonds is 3. The molecule has 0 bridgehead atoms. The summed E-state index contributed by atoms with van der Waals surface area (Å²) in [5.41, 5.74) is 7.65. The zero-order valence-electron chi connectivity index (χ0n) is 8.40. The number of hydrogen-bond acceptors (Lipinski definition) is 3. The Morgan fingerprint density at radius 1 is 1.53 bits per heavy atom. The molecule has 1 heterocycles. The Hall–Kier alpha value is -0.520. The van der Waals surface area contributed by atoms with Gasteiger partial charge in [-0.25, -0.2) is 4.98 Å². The number of nitrogens with zero attached hydrogens (tertiary/aromatic N) is 2. The van der Waals surface area contributed by atoms with Crippen molar-refractivity contribution in [3.63, 3.8) is 0 Å². The average Bonchev–Trinajstić information content (AvgIpc) is 2.52. The highest BCUT2D eigenvalue weighted by Gasteiger charge is 2.07. The van der Waals surface area contributed by atoms with Crippen molar-refractivity contribution in [3.05, 3.63) is 22.7 Å². The van der Waals surface area contributed by atoms with E-state index >= 15 is 0 Å². The number of thioether (sulfide) groups is 1. The lowest BCUT2D eigenvalue weighted by Gasteiger charge is -1.99. The van der Waals surface area contributed by atoms with Crippen molar-refractivity contribution in [1.82, 2.24) is 9.55 Å². The Balaban J connectivity index is 2.44. The molecule has 5 heteroatoms. The van der Waals surface area contributed by atoms with Gasteiger partial charge in [-0.15, -0.1) is 0 Å². The fraction of sp³-hybridized carbons (Fsp3) is 0.300. The van der Waals surface area contributed by atoms with Gasteiger partial charge in [-0.05, 0) is 18.2 Å². The lowest BCUT2D eigenvalue weighted by atomic mass is 10.3. The van der Waals surface area contributed by atoms with Crippen LogP contribution in [0.1, 0.15) is 0 Å². The fourth-order valence-electron chi connectivity index (χ4n) is 1.43. The maximum absolute atomic E-state index is 5.48. The van der Waals surface area contributed by atoms with Gasteiger partial charge >= 0.3 is 0 Å². The zero-order chi connectivity index (χ0) is 10.8. The summed E-state index contributed by atoms with van der Waals surface area (Å²) < 4.78 is 3.16. The summed E-state index contributed by atoms with van der Waals surface area (Å²) in [6, 6.07) is 6.13. The number of aromatic nitrogens is 2. The molecule has 1 aromatic heterocycles. The van der Waals surface area contributed by atoms with E-state index in [1.54, 1.807) is 11.8 Å². The zero-order valence-corrected chi connectivity index (χ0v) is 10.8. The van der Waals surface area contributed by atoms with Gasteiger partial charge in [-0.3, -0.25) is 0 Å². The summed E-state index contributed by atoms with van der Waals surface area (Å²) in [7, 11) is 2.03. The number of aryl methyl sites for hydroxylation is 1. The highest BCUT2D eigenvalue weighted by atomic mass is 79.9. The van der Waals surface area contributed by atoms with Crippen molar-refractivity contribution in [2.75, 3.05) is 12.3 Å². The maximum atomic E-state index is 5.48. The number of hydrogen-bond donors (Lipinski definition) is 1. The molecule has 0 saturated heterocycles. The first-order valence-electron chi connectivity index (χ1n) is 4.67. The van der Waals surface area contributed by atoms with Gasteiger partial charge in [0, 0.05) is 23.8 Å². The van der Waals surface area contributed by atoms with Crippen LogP contribution >= 0.6 is 27.7 Å². The molecule has 3 nitrogen and oxygen atoms in total. The summed E-state index contributed by atoms with van der Waals surface area (Å²) in [6.07, 6.45) is 0.